The Balaban J connectivity index is 1.86. The maximum atomic E-state index is 13.8. The monoisotopic (exact) mass is 479 g/mol. The molecule has 1 aliphatic heterocycles. The van der Waals surface area contributed by atoms with Crippen LogP contribution in [0.4, 0.5) is 27.8 Å². The van der Waals surface area contributed by atoms with Crippen LogP contribution in [0.15, 0.2) is 47.4 Å². The quantitative estimate of drug-likeness (QED) is 0.503. The number of alkyl halides is 5. The van der Waals surface area contributed by atoms with Gasteiger partial charge in [-0.2, -0.15) is 12.5 Å². The van der Waals surface area contributed by atoms with E-state index in [0.29, 0.717) is 11.0 Å². The van der Waals surface area contributed by atoms with Gasteiger partial charge in [0.1, 0.15) is 0 Å². The van der Waals surface area contributed by atoms with Crippen LogP contribution in [0.2, 0.25) is 5.02 Å². The van der Waals surface area contributed by atoms with E-state index in [4.69, 9.17) is 11.6 Å². The van der Waals surface area contributed by atoms with Crippen molar-refractivity contribution in [2.75, 3.05) is 18.0 Å². The topological polar surface area (TPSA) is 55.2 Å². The summed E-state index contributed by atoms with van der Waals surface area (Å²) in [5.41, 5.74) is -0.396. The highest BCUT2D eigenvalue weighted by Crippen LogP contribution is 2.39. The molecular weight excluding hydrogens is 465 g/mol. The average molecular weight is 480 g/mol. The van der Waals surface area contributed by atoms with Crippen LogP contribution in [0.1, 0.15) is 12.5 Å². The molecule has 0 N–H and O–H groups in total. The van der Waals surface area contributed by atoms with Crippen molar-refractivity contribution in [1.29, 1.82) is 0 Å². The van der Waals surface area contributed by atoms with E-state index >= 15 is 0 Å². The highest BCUT2D eigenvalue weighted by molar-refractivity contribution is 7.90. The zero-order valence-corrected chi connectivity index (χ0v) is 17.4. The number of benzene rings is 2. The fourth-order valence-electron chi connectivity index (χ4n) is 3.41. The van der Waals surface area contributed by atoms with Gasteiger partial charge in [0.05, 0.1) is 33.9 Å². The number of hydrogen-bond acceptors (Lipinski definition) is 4. The zero-order valence-electron chi connectivity index (χ0n) is 15.9. The van der Waals surface area contributed by atoms with Crippen LogP contribution in [-0.4, -0.2) is 42.8 Å². The fraction of sp³-hybridized carbons (Fsp3) is 0.316. The molecule has 2 heterocycles. The number of aromatic nitrogens is 2. The molecule has 0 unspecified atom stereocenters. The van der Waals surface area contributed by atoms with Crippen LogP contribution < -0.4 is 4.90 Å². The van der Waals surface area contributed by atoms with Crippen LogP contribution in [0, 0.1) is 0 Å². The molecule has 12 heteroatoms. The lowest BCUT2D eigenvalue weighted by atomic mass is 10.1. The van der Waals surface area contributed by atoms with Gasteiger partial charge in [-0.05, 0) is 24.3 Å². The van der Waals surface area contributed by atoms with E-state index in [2.05, 4.69) is 5.10 Å². The second kappa shape index (κ2) is 7.06. The van der Waals surface area contributed by atoms with Crippen molar-refractivity contribution in [3.8, 4) is 0 Å². The van der Waals surface area contributed by atoms with Crippen LogP contribution in [0.3, 0.4) is 0 Å². The normalized spacial score (nSPS) is 19.3. The zero-order chi connectivity index (χ0) is 22.8. The minimum atomic E-state index is -4.40. The molecule has 1 aromatic heterocycles. The molecule has 1 fully saturated rings. The van der Waals surface area contributed by atoms with Crippen molar-refractivity contribution < 1.29 is 30.4 Å². The summed E-state index contributed by atoms with van der Waals surface area (Å²) < 4.78 is 95.1. The van der Waals surface area contributed by atoms with Gasteiger partial charge in [0.25, 0.3) is 21.9 Å². The summed E-state index contributed by atoms with van der Waals surface area (Å²) in [4.78, 5) is 0.595. The first-order valence-electron chi connectivity index (χ1n) is 9.00. The molecule has 0 radical (unpaired) electrons. The Morgan fingerprint density at radius 2 is 1.81 bits per heavy atom. The van der Waals surface area contributed by atoms with Gasteiger partial charge in [-0.15, -0.1) is 5.10 Å². The summed E-state index contributed by atoms with van der Waals surface area (Å²) in [6.07, 6.45) is -2.45. The van der Waals surface area contributed by atoms with Gasteiger partial charge >= 0.3 is 0 Å². The average Bonchev–Trinajstić information content (AvgIpc) is 3.20. The Morgan fingerprint density at radius 3 is 2.35 bits per heavy atom. The molecule has 166 valence electrons. The lowest BCUT2D eigenvalue weighted by molar-refractivity contribution is -0.0349. The van der Waals surface area contributed by atoms with Crippen LogP contribution in [0.25, 0.3) is 10.9 Å². The lowest BCUT2D eigenvalue weighted by Gasteiger charge is -2.15. The van der Waals surface area contributed by atoms with Crippen LogP contribution in [-0.2, 0) is 15.9 Å². The van der Waals surface area contributed by atoms with E-state index in [0.717, 1.165) is 29.2 Å². The summed E-state index contributed by atoms with van der Waals surface area (Å²) in [6, 6.07) is 8.18. The van der Waals surface area contributed by atoms with Crippen molar-refractivity contribution >= 4 is 38.3 Å². The molecule has 2 aromatic carbocycles. The Hall–Kier alpha value is -2.40. The van der Waals surface area contributed by atoms with Gasteiger partial charge in [-0.3, -0.25) is 0 Å². The number of fused-ring (bicyclic) bond motifs is 1. The molecule has 0 spiro atoms. The Labute approximate surface area is 179 Å². The van der Waals surface area contributed by atoms with Gasteiger partial charge in [0, 0.05) is 12.5 Å². The molecule has 3 aromatic rings. The fourth-order valence-corrected chi connectivity index (χ4v) is 4.94. The molecule has 1 aliphatic rings. The van der Waals surface area contributed by atoms with Gasteiger partial charge < -0.3 is 4.90 Å². The standard InChI is InChI=1S/C19H15ClF5N3O2S/c1-18(22,23)11-5-7-12(8-6-11)31(29,30)28-14-4-2-3-13(20)16(14)17(26-28)27-9-15(21)19(24,25)10-27/h2-8,15H,9-10H2,1H3/t15-/m1/s1. The third kappa shape index (κ3) is 3.63. The van der Waals surface area contributed by atoms with Gasteiger partial charge in [-0.1, -0.05) is 29.8 Å². The van der Waals surface area contributed by atoms with Crippen molar-refractivity contribution in [3.05, 3.63) is 53.1 Å². The first-order chi connectivity index (χ1) is 14.3. The number of halogens is 6. The minimum Gasteiger partial charge on any atom is -0.345 e. The third-order valence-electron chi connectivity index (χ3n) is 5.03. The molecule has 31 heavy (non-hydrogen) atoms. The Morgan fingerprint density at radius 1 is 1.16 bits per heavy atom. The van der Waals surface area contributed by atoms with Gasteiger partial charge in [0.2, 0.25) is 0 Å². The summed E-state index contributed by atoms with van der Waals surface area (Å²) in [6.45, 7) is -1.01. The smallest absolute Gasteiger partial charge is 0.297 e. The predicted octanol–water partition coefficient (Wildman–Crippen LogP) is 4.83. The third-order valence-corrected chi connectivity index (χ3v) is 6.95. The summed E-state index contributed by atoms with van der Waals surface area (Å²) in [5.74, 6) is -7.00. The number of rotatable bonds is 4. The van der Waals surface area contributed by atoms with E-state index in [9.17, 15) is 30.4 Å². The Bertz CT molecular complexity index is 1260. The molecule has 0 amide bonds. The van der Waals surface area contributed by atoms with E-state index in [1.54, 1.807) is 0 Å². The van der Waals surface area contributed by atoms with Crippen LogP contribution >= 0.6 is 11.6 Å². The van der Waals surface area contributed by atoms with Crippen molar-refractivity contribution in [2.45, 2.75) is 29.8 Å². The highest BCUT2D eigenvalue weighted by atomic mass is 35.5. The Kier molecular flexibility index (Phi) is 4.97. The van der Waals surface area contributed by atoms with Crippen molar-refractivity contribution in [2.24, 2.45) is 0 Å². The van der Waals surface area contributed by atoms with Gasteiger partial charge in [-0.25, -0.2) is 22.0 Å². The maximum absolute atomic E-state index is 13.8. The molecule has 1 saturated heterocycles. The number of anilines is 1. The first-order valence-corrected chi connectivity index (χ1v) is 10.8. The largest absolute Gasteiger partial charge is 0.345 e. The molecule has 5 nitrogen and oxygen atoms in total. The molecule has 1 atom stereocenters. The van der Waals surface area contributed by atoms with Gasteiger partial charge in [0.15, 0.2) is 12.0 Å². The predicted molar refractivity (Wildman–Crippen MR) is 105 cm³/mol. The lowest BCUT2D eigenvalue weighted by Crippen LogP contribution is -2.28. The molecule has 0 bridgehead atoms. The van der Waals surface area contributed by atoms with Crippen LogP contribution in [0.5, 0.6) is 0 Å². The summed E-state index contributed by atoms with van der Waals surface area (Å²) in [5, 5.41) is 4.08. The number of nitrogens with zero attached hydrogens (tertiary/aromatic N) is 3. The second-order valence-corrected chi connectivity index (χ2v) is 9.50. The maximum Gasteiger partial charge on any atom is 0.297 e. The first kappa shape index (κ1) is 21.8. The van der Waals surface area contributed by atoms with E-state index in [-0.39, 0.29) is 32.2 Å². The second-order valence-electron chi connectivity index (χ2n) is 7.33. The molecule has 0 saturated carbocycles. The number of hydrogen-bond donors (Lipinski definition) is 0. The highest BCUT2D eigenvalue weighted by Gasteiger charge is 2.50. The van der Waals surface area contributed by atoms with E-state index in [1.807, 2.05) is 0 Å². The molecule has 4 rings (SSSR count). The summed E-state index contributed by atoms with van der Waals surface area (Å²) >= 11 is 6.19. The summed E-state index contributed by atoms with van der Waals surface area (Å²) in [7, 11) is -4.40. The van der Waals surface area contributed by atoms with Crippen molar-refractivity contribution in [3.63, 3.8) is 0 Å². The SMILES string of the molecule is CC(F)(F)c1ccc(S(=O)(=O)n2nc(N3C[C@@H](F)C(F)(F)C3)c3c(Cl)cccc32)cc1. The van der Waals surface area contributed by atoms with E-state index in [1.165, 1.54) is 18.2 Å². The molecule has 0 aliphatic carbocycles. The minimum absolute atomic E-state index is 0.0157. The molecular formula is C19H15ClF5N3O2S. The van der Waals surface area contributed by atoms with Crippen molar-refractivity contribution in [1.82, 2.24) is 9.19 Å². The van der Waals surface area contributed by atoms with E-state index < -0.39 is 41.1 Å².